The molecule has 2 aromatic rings. The first-order valence-electron chi connectivity index (χ1n) is 7.70. The molecule has 0 atom stereocenters. The third kappa shape index (κ3) is 2.98. The zero-order valence-corrected chi connectivity index (χ0v) is 12.4. The maximum Gasteiger partial charge on any atom is 0.303 e. The fourth-order valence-electron chi connectivity index (χ4n) is 3.24. The second-order valence-corrected chi connectivity index (χ2v) is 5.84. The molecule has 1 amide bonds. The Labute approximate surface area is 128 Å². The number of benzene rings is 1. The summed E-state index contributed by atoms with van der Waals surface area (Å²) in [6.45, 7) is 1.42. The Morgan fingerprint density at radius 1 is 1.18 bits per heavy atom. The van der Waals surface area contributed by atoms with Gasteiger partial charge < -0.3 is 15.0 Å². The predicted molar refractivity (Wildman–Crippen MR) is 83.7 cm³/mol. The topological polar surface area (TPSA) is 73.4 Å². The number of nitrogens with one attached hydrogen (secondary N) is 1. The minimum absolute atomic E-state index is 0.0419. The number of piperidine rings is 1. The van der Waals surface area contributed by atoms with Gasteiger partial charge in [-0.25, -0.2) is 0 Å². The summed E-state index contributed by atoms with van der Waals surface area (Å²) in [7, 11) is 0. The molecule has 0 saturated carbocycles. The van der Waals surface area contributed by atoms with Crippen LogP contribution in [0.15, 0.2) is 30.5 Å². The molecule has 116 valence electrons. The van der Waals surface area contributed by atoms with E-state index in [2.05, 4.69) is 23.3 Å². The molecular weight excluding hydrogens is 280 g/mol. The first-order valence-corrected chi connectivity index (χ1v) is 7.70. The number of carboxylic acids is 1. The number of amides is 1. The lowest BCUT2D eigenvalue weighted by molar-refractivity contribution is -0.141. The summed E-state index contributed by atoms with van der Waals surface area (Å²) in [5.41, 5.74) is 2.48. The Kier molecular flexibility index (Phi) is 4.13. The summed E-state index contributed by atoms with van der Waals surface area (Å²) >= 11 is 0. The lowest BCUT2D eigenvalue weighted by Crippen LogP contribution is -2.38. The van der Waals surface area contributed by atoms with Crippen molar-refractivity contribution in [3.8, 4) is 0 Å². The van der Waals surface area contributed by atoms with Crippen LogP contribution in [0.25, 0.3) is 10.9 Å². The summed E-state index contributed by atoms with van der Waals surface area (Å²) in [5, 5.41) is 9.92. The number of likely N-dealkylation sites (tertiary alicyclic amines) is 1. The van der Waals surface area contributed by atoms with E-state index in [-0.39, 0.29) is 18.7 Å². The lowest BCUT2D eigenvalue weighted by Gasteiger charge is -2.32. The molecule has 1 aliphatic rings. The zero-order valence-electron chi connectivity index (χ0n) is 12.4. The van der Waals surface area contributed by atoms with Gasteiger partial charge in [-0.2, -0.15) is 0 Å². The smallest absolute Gasteiger partial charge is 0.303 e. The normalized spacial score (nSPS) is 16.1. The molecule has 1 saturated heterocycles. The molecule has 5 heteroatoms. The molecular formula is C17H20N2O3. The third-order valence-electron chi connectivity index (χ3n) is 4.46. The van der Waals surface area contributed by atoms with Crippen molar-refractivity contribution >= 4 is 22.8 Å². The van der Waals surface area contributed by atoms with Crippen LogP contribution < -0.4 is 0 Å². The molecule has 1 aliphatic heterocycles. The van der Waals surface area contributed by atoms with E-state index in [4.69, 9.17) is 5.11 Å². The summed E-state index contributed by atoms with van der Waals surface area (Å²) in [4.78, 5) is 27.6. The Morgan fingerprint density at radius 3 is 2.64 bits per heavy atom. The minimum atomic E-state index is -0.915. The summed E-state index contributed by atoms with van der Waals surface area (Å²) in [6.07, 6.45) is 3.97. The highest BCUT2D eigenvalue weighted by Crippen LogP contribution is 2.33. The number of aliphatic carboxylic acids is 1. The van der Waals surface area contributed by atoms with E-state index in [1.807, 2.05) is 12.1 Å². The number of carbonyl (C=O) groups excluding carboxylic acids is 1. The average Bonchev–Trinajstić information content (AvgIpc) is 2.97. The molecule has 0 spiro atoms. The van der Waals surface area contributed by atoms with Gasteiger partial charge in [-0.3, -0.25) is 9.59 Å². The van der Waals surface area contributed by atoms with Crippen molar-refractivity contribution in [2.24, 2.45) is 0 Å². The number of aromatic amines is 1. The molecule has 1 fully saturated rings. The molecule has 0 radical (unpaired) electrons. The summed E-state index contributed by atoms with van der Waals surface area (Å²) < 4.78 is 0. The van der Waals surface area contributed by atoms with Crippen molar-refractivity contribution in [1.29, 1.82) is 0 Å². The fraction of sp³-hybridized carbons (Fsp3) is 0.412. The second-order valence-electron chi connectivity index (χ2n) is 5.84. The van der Waals surface area contributed by atoms with Crippen LogP contribution in [0.5, 0.6) is 0 Å². The van der Waals surface area contributed by atoms with Crippen LogP contribution in [0, 0.1) is 0 Å². The van der Waals surface area contributed by atoms with E-state index >= 15 is 0 Å². The van der Waals surface area contributed by atoms with Gasteiger partial charge >= 0.3 is 5.97 Å². The van der Waals surface area contributed by atoms with Crippen LogP contribution in [0.3, 0.4) is 0 Å². The Morgan fingerprint density at radius 2 is 1.91 bits per heavy atom. The molecule has 1 aromatic heterocycles. The predicted octanol–water partition coefficient (Wildman–Crippen LogP) is 2.74. The van der Waals surface area contributed by atoms with Gasteiger partial charge in [-0.05, 0) is 30.4 Å². The van der Waals surface area contributed by atoms with Gasteiger partial charge in [0.25, 0.3) is 0 Å². The number of fused-ring (bicyclic) bond motifs is 1. The molecule has 22 heavy (non-hydrogen) atoms. The van der Waals surface area contributed by atoms with Gasteiger partial charge in [0.15, 0.2) is 0 Å². The van der Waals surface area contributed by atoms with Crippen LogP contribution in [0.4, 0.5) is 0 Å². The Hall–Kier alpha value is -2.30. The maximum atomic E-state index is 12.0. The van der Waals surface area contributed by atoms with Crippen LogP contribution in [0.2, 0.25) is 0 Å². The van der Waals surface area contributed by atoms with Crippen molar-refractivity contribution in [3.05, 3.63) is 36.0 Å². The number of hydrogen-bond donors (Lipinski definition) is 2. The van der Waals surface area contributed by atoms with Gasteiger partial charge in [-0.15, -0.1) is 0 Å². The van der Waals surface area contributed by atoms with Crippen LogP contribution in [-0.2, 0) is 9.59 Å². The molecule has 2 heterocycles. The fourth-order valence-corrected chi connectivity index (χ4v) is 3.24. The van der Waals surface area contributed by atoms with E-state index in [9.17, 15) is 9.59 Å². The number of H-pyrrole nitrogens is 1. The number of para-hydroxylation sites is 1. The van der Waals surface area contributed by atoms with E-state index < -0.39 is 5.97 Å². The standard InChI is InChI=1S/C17H20N2O3/c20-16(5-6-17(21)22)19-9-7-12(8-10-19)14-11-18-15-4-2-1-3-13(14)15/h1-4,11-12,18H,5-10H2,(H,21,22). The van der Waals surface area contributed by atoms with Gasteiger partial charge in [0.1, 0.15) is 0 Å². The first kappa shape index (κ1) is 14.6. The molecule has 0 aliphatic carbocycles. The monoisotopic (exact) mass is 300 g/mol. The van der Waals surface area contributed by atoms with E-state index in [1.54, 1.807) is 4.90 Å². The molecule has 0 bridgehead atoms. The largest absolute Gasteiger partial charge is 0.481 e. The van der Waals surface area contributed by atoms with E-state index in [1.165, 1.54) is 10.9 Å². The molecule has 5 nitrogen and oxygen atoms in total. The van der Waals surface area contributed by atoms with Crippen molar-refractivity contribution in [3.63, 3.8) is 0 Å². The number of carboxylic acid groups (broad SMARTS) is 1. The number of carbonyl (C=O) groups is 2. The summed E-state index contributed by atoms with van der Waals surface area (Å²) in [5.74, 6) is -0.499. The highest BCUT2D eigenvalue weighted by molar-refractivity contribution is 5.84. The maximum absolute atomic E-state index is 12.0. The lowest BCUT2D eigenvalue weighted by atomic mass is 9.89. The number of hydrogen-bond acceptors (Lipinski definition) is 2. The van der Waals surface area contributed by atoms with Gasteiger partial charge in [-0.1, -0.05) is 18.2 Å². The SMILES string of the molecule is O=C(O)CCC(=O)N1CCC(c2c[nH]c3ccccc23)CC1. The van der Waals surface area contributed by atoms with E-state index in [0.29, 0.717) is 19.0 Å². The third-order valence-corrected chi connectivity index (χ3v) is 4.46. The highest BCUT2D eigenvalue weighted by atomic mass is 16.4. The van der Waals surface area contributed by atoms with E-state index in [0.717, 1.165) is 18.4 Å². The van der Waals surface area contributed by atoms with Gasteiger partial charge in [0.05, 0.1) is 6.42 Å². The minimum Gasteiger partial charge on any atom is -0.481 e. The number of rotatable bonds is 4. The molecule has 0 unspecified atom stereocenters. The summed E-state index contributed by atoms with van der Waals surface area (Å²) in [6, 6.07) is 8.27. The van der Waals surface area contributed by atoms with Crippen molar-refractivity contribution in [2.45, 2.75) is 31.6 Å². The quantitative estimate of drug-likeness (QED) is 0.912. The highest BCUT2D eigenvalue weighted by Gasteiger charge is 2.25. The van der Waals surface area contributed by atoms with Crippen molar-refractivity contribution < 1.29 is 14.7 Å². The molecule has 1 aromatic carbocycles. The van der Waals surface area contributed by atoms with Gasteiger partial charge in [0.2, 0.25) is 5.91 Å². The van der Waals surface area contributed by atoms with Crippen molar-refractivity contribution in [2.75, 3.05) is 13.1 Å². The molecule has 2 N–H and O–H groups in total. The first-order chi connectivity index (χ1) is 10.6. The number of aromatic nitrogens is 1. The Bertz CT molecular complexity index is 684. The van der Waals surface area contributed by atoms with Crippen LogP contribution in [-0.4, -0.2) is 40.0 Å². The molecule has 3 rings (SSSR count). The van der Waals surface area contributed by atoms with Crippen LogP contribution >= 0.6 is 0 Å². The average molecular weight is 300 g/mol. The Balaban J connectivity index is 1.62. The second kappa shape index (κ2) is 6.22. The van der Waals surface area contributed by atoms with Crippen LogP contribution in [0.1, 0.15) is 37.2 Å². The zero-order chi connectivity index (χ0) is 15.5. The van der Waals surface area contributed by atoms with Crippen molar-refractivity contribution in [1.82, 2.24) is 9.88 Å². The number of nitrogens with zero attached hydrogens (tertiary/aromatic N) is 1. The van der Waals surface area contributed by atoms with Gasteiger partial charge in [0, 0.05) is 36.6 Å².